The smallest absolute Gasteiger partial charge is 0.0615 e. The lowest BCUT2D eigenvalue weighted by atomic mass is 10.1. The predicted octanol–water partition coefficient (Wildman–Crippen LogP) is 4.11. The summed E-state index contributed by atoms with van der Waals surface area (Å²) >= 11 is 3.65. The lowest BCUT2D eigenvalue weighted by molar-refractivity contribution is 0.158. The van der Waals surface area contributed by atoms with Crippen LogP contribution in [0.4, 0.5) is 0 Å². The molecular formula is C15H21NOS2. The van der Waals surface area contributed by atoms with Gasteiger partial charge in [-0.3, -0.25) is 0 Å². The first-order valence-electron chi connectivity index (χ1n) is 6.64. The lowest BCUT2D eigenvalue weighted by Gasteiger charge is -2.23. The highest BCUT2D eigenvalue weighted by Crippen LogP contribution is 2.25. The molecule has 2 rings (SSSR count). The van der Waals surface area contributed by atoms with Gasteiger partial charge < -0.3 is 10.1 Å². The van der Waals surface area contributed by atoms with E-state index in [2.05, 4.69) is 47.3 Å². The summed E-state index contributed by atoms with van der Waals surface area (Å²) in [5.41, 5.74) is 0. The molecule has 104 valence electrons. The van der Waals surface area contributed by atoms with Crippen LogP contribution in [0.3, 0.4) is 0 Å². The highest BCUT2D eigenvalue weighted by atomic mass is 32.1. The number of ether oxygens (including phenoxy) is 1. The average Bonchev–Trinajstić information content (AvgIpc) is 3.10. The van der Waals surface area contributed by atoms with Crippen LogP contribution >= 0.6 is 22.7 Å². The van der Waals surface area contributed by atoms with E-state index in [0.29, 0.717) is 12.1 Å². The minimum atomic E-state index is 0.388. The van der Waals surface area contributed by atoms with Gasteiger partial charge >= 0.3 is 0 Å². The third-order valence-corrected chi connectivity index (χ3v) is 5.05. The van der Waals surface area contributed by atoms with Gasteiger partial charge in [0, 0.05) is 35.4 Å². The average molecular weight is 295 g/mol. The summed E-state index contributed by atoms with van der Waals surface area (Å²) in [7, 11) is 1.77. The van der Waals surface area contributed by atoms with Crippen molar-refractivity contribution in [3.8, 4) is 0 Å². The van der Waals surface area contributed by atoms with Crippen molar-refractivity contribution in [1.29, 1.82) is 0 Å². The van der Waals surface area contributed by atoms with Gasteiger partial charge in [0.05, 0.1) is 6.61 Å². The molecule has 0 saturated carbocycles. The van der Waals surface area contributed by atoms with Crippen molar-refractivity contribution in [2.75, 3.05) is 13.7 Å². The molecule has 2 atom stereocenters. The van der Waals surface area contributed by atoms with Gasteiger partial charge in [0.2, 0.25) is 0 Å². The van der Waals surface area contributed by atoms with Gasteiger partial charge in [-0.15, -0.1) is 22.7 Å². The van der Waals surface area contributed by atoms with Crippen LogP contribution in [0, 0.1) is 0 Å². The van der Waals surface area contributed by atoms with E-state index in [1.54, 1.807) is 7.11 Å². The molecule has 1 N–H and O–H groups in total. The molecule has 2 nitrogen and oxygen atoms in total. The first-order chi connectivity index (χ1) is 9.33. The summed E-state index contributed by atoms with van der Waals surface area (Å²) in [4.78, 5) is 2.83. The maximum absolute atomic E-state index is 5.29. The van der Waals surface area contributed by atoms with Gasteiger partial charge in [-0.2, -0.15) is 0 Å². The maximum Gasteiger partial charge on any atom is 0.0615 e. The Morgan fingerprint density at radius 3 is 2.58 bits per heavy atom. The van der Waals surface area contributed by atoms with E-state index in [1.165, 1.54) is 9.75 Å². The predicted molar refractivity (Wildman–Crippen MR) is 84.2 cm³/mol. The summed E-state index contributed by atoms with van der Waals surface area (Å²) in [6, 6.07) is 9.48. The zero-order valence-electron chi connectivity index (χ0n) is 11.5. The summed E-state index contributed by atoms with van der Waals surface area (Å²) in [6.07, 6.45) is 2.14. The van der Waals surface area contributed by atoms with E-state index in [9.17, 15) is 0 Å². The Morgan fingerprint density at radius 2 is 2.00 bits per heavy atom. The van der Waals surface area contributed by atoms with Crippen LogP contribution in [0.15, 0.2) is 35.0 Å². The summed E-state index contributed by atoms with van der Waals surface area (Å²) in [5.74, 6) is 0. The highest BCUT2D eigenvalue weighted by Gasteiger charge is 2.17. The molecule has 0 bridgehead atoms. The van der Waals surface area contributed by atoms with E-state index in [1.807, 2.05) is 22.7 Å². The number of hydrogen-bond acceptors (Lipinski definition) is 4. The van der Waals surface area contributed by atoms with E-state index in [0.717, 1.165) is 19.4 Å². The molecule has 2 aromatic heterocycles. The minimum absolute atomic E-state index is 0.388. The molecule has 19 heavy (non-hydrogen) atoms. The quantitative estimate of drug-likeness (QED) is 0.791. The van der Waals surface area contributed by atoms with Crippen LogP contribution in [0.5, 0.6) is 0 Å². The van der Waals surface area contributed by atoms with Crippen LogP contribution in [0.1, 0.15) is 29.1 Å². The molecule has 0 aliphatic heterocycles. The monoisotopic (exact) mass is 295 g/mol. The fourth-order valence-corrected chi connectivity index (χ4v) is 3.67. The molecule has 0 radical (unpaired) electrons. The van der Waals surface area contributed by atoms with Gasteiger partial charge in [0.15, 0.2) is 0 Å². The zero-order chi connectivity index (χ0) is 13.5. The molecule has 0 aliphatic rings. The fraction of sp³-hybridized carbons (Fsp3) is 0.467. The molecule has 2 aromatic rings. The summed E-state index contributed by atoms with van der Waals surface area (Å²) < 4.78 is 5.29. The van der Waals surface area contributed by atoms with Crippen LogP contribution in [0.25, 0.3) is 0 Å². The Hall–Kier alpha value is -0.680. The van der Waals surface area contributed by atoms with Crippen molar-refractivity contribution in [2.24, 2.45) is 0 Å². The van der Waals surface area contributed by atoms with Crippen LogP contribution in [-0.4, -0.2) is 19.8 Å². The summed E-state index contributed by atoms with van der Waals surface area (Å²) in [6.45, 7) is 2.97. The minimum Gasteiger partial charge on any atom is -0.383 e. The van der Waals surface area contributed by atoms with Crippen molar-refractivity contribution in [3.05, 3.63) is 44.8 Å². The molecule has 0 fully saturated rings. The Bertz CT molecular complexity index is 439. The van der Waals surface area contributed by atoms with E-state index in [4.69, 9.17) is 4.74 Å². The SMILES string of the molecule is CCC(COC)NC(Cc1cccs1)c1cccs1. The fourth-order valence-electron chi connectivity index (χ4n) is 2.13. The zero-order valence-corrected chi connectivity index (χ0v) is 13.1. The second kappa shape index (κ2) is 7.80. The van der Waals surface area contributed by atoms with Gasteiger partial charge in [0.1, 0.15) is 0 Å². The maximum atomic E-state index is 5.29. The molecule has 2 unspecified atom stereocenters. The van der Waals surface area contributed by atoms with Crippen LogP contribution < -0.4 is 5.32 Å². The second-order valence-corrected chi connectivity index (χ2v) is 6.59. The number of hydrogen-bond donors (Lipinski definition) is 1. The first-order valence-corrected chi connectivity index (χ1v) is 8.40. The third-order valence-electron chi connectivity index (χ3n) is 3.17. The third kappa shape index (κ3) is 4.42. The molecule has 0 aromatic carbocycles. The standard InChI is InChI=1S/C15H21NOS2/c1-3-12(11-17-2)16-14(15-7-5-9-19-15)10-13-6-4-8-18-13/h4-9,12,14,16H,3,10-11H2,1-2H3. The van der Waals surface area contributed by atoms with Gasteiger partial charge in [-0.05, 0) is 29.3 Å². The van der Waals surface area contributed by atoms with Crippen molar-refractivity contribution in [2.45, 2.75) is 31.8 Å². The lowest BCUT2D eigenvalue weighted by Crippen LogP contribution is -2.36. The largest absolute Gasteiger partial charge is 0.383 e. The van der Waals surface area contributed by atoms with Crippen LogP contribution in [-0.2, 0) is 11.2 Å². The highest BCUT2D eigenvalue weighted by molar-refractivity contribution is 7.10. The van der Waals surface area contributed by atoms with Crippen molar-refractivity contribution < 1.29 is 4.74 Å². The second-order valence-electron chi connectivity index (χ2n) is 4.58. The Morgan fingerprint density at radius 1 is 1.21 bits per heavy atom. The van der Waals surface area contributed by atoms with Crippen molar-refractivity contribution in [3.63, 3.8) is 0 Å². The molecule has 0 spiro atoms. The van der Waals surface area contributed by atoms with E-state index < -0.39 is 0 Å². The van der Waals surface area contributed by atoms with Gasteiger partial charge in [-0.1, -0.05) is 19.1 Å². The number of thiophene rings is 2. The normalized spacial score (nSPS) is 14.4. The Labute approximate surface area is 123 Å². The summed E-state index contributed by atoms with van der Waals surface area (Å²) in [5, 5.41) is 8.03. The van der Waals surface area contributed by atoms with Gasteiger partial charge in [-0.25, -0.2) is 0 Å². The topological polar surface area (TPSA) is 21.3 Å². The first kappa shape index (κ1) is 14.7. The van der Waals surface area contributed by atoms with Crippen molar-refractivity contribution in [1.82, 2.24) is 5.32 Å². The number of nitrogens with one attached hydrogen (secondary N) is 1. The molecule has 4 heteroatoms. The van der Waals surface area contributed by atoms with Crippen LogP contribution in [0.2, 0.25) is 0 Å². The Balaban J connectivity index is 2.06. The molecular weight excluding hydrogens is 274 g/mol. The molecule has 0 aliphatic carbocycles. The number of methoxy groups -OCH3 is 1. The molecule has 2 heterocycles. The molecule has 0 saturated heterocycles. The molecule has 0 amide bonds. The van der Waals surface area contributed by atoms with E-state index >= 15 is 0 Å². The Kier molecular flexibility index (Phi) is 6.04. The van der Waals surface area contributed by atoms with Gasteiger partial charge in [0.25, 0.3) is 0 Å². The van der Waals surface area contributed by atoms with Crippen molar-refractivity contribution >= 4 is 22.7 Å². The van der Waals surface area contributed by atoms with E-state index in [-0.39, 0.29) is 0 Å². The number of rotatable bonds is 8.